The molecule has 194 valence electrons. The van der Waals surface area contributed by atoms with Gasteiger partial charge in [0.2, 0.25) is 21.8 Å². The molecule has 0 fully saturated rings. The van der Waals surface area contributed by atoms with Crippen LogP contribution in [0, 0.1) is 11.3 Å². The number of rotatable bonds is 10. The fourth-order valence-corrected chi connectivity index (χ4v) is 5.43. The normalized spacial score (nSPS) is 14.8. The molecule has 1 atom stereocenters. The molecule has 0 spiro atoms. The van der Waals surface area contributed by atoms with E-state index >= 15 is 0 Å². The number of fused-ring (bicyclic) bond motifs is 1. The van der Waals surface area contributed by atoms with Gasteiger partial charge in [0.1, 0.15) is 17.6 Å². The number of carbonyl (C=O) groups excluding carboxylic acids is 1. The van der Waals surface area contributed by atoms with Gasteiger partial charge < -0.3 is 19.7 Å². The number of aliphatic hydroxyl groups excluding tert-OH is 1. The summed E-state index contributed by atoms with van der Waals surface area (Å²) in [5, 5.41) is 24.8. The molecule has 37 heavy (non-hydrogen) atoms. The van der Waals surface area contributed by atoms with Gasteiger partial charge in [0.05, 0.1) is 18.3 Å². The number of aromatic nitrogens is 2. The molecule has 3 N–H and O–H groups in total. The number of nitrogens with zero attached hydrogens (tertiary/aromatic N) is 3. The Hall–Kier alpha value is -3.79. The quantitative estimate of drug-likeness (QED) is 0.359. The van der Waals surface area contributed by atoms with E-state index in [0.717, 1.165) is 16.7 Å². The second-order valence-corrected chi connectivity index (χ2v) is 10.6. The Morgan fingerprint density at radius 1 is 1.32 bits per heavy atom. The van der Waals surface area contributed by atoms with E-state index in [1.807, 2.05) is 26.0 Å². The molecule has 2 aromatic carbocycles. The number of nitriles is 1. The maximum Gasteiger partial charge on any atom is 0.258 e. The average Bonchev–Trinajstić information content (AvgIpc) is 3.50. The van der Waals surface area contributed by atoms with E-state index in [2.05, 4.69) is 26.2 Å². The molecule has 0 bridgehead atoms. The number of carbonyl (C=O) groups is 1. The van der Waals surface area contributed by atoms with E-state index in [0.29, 0.717) is 35.5 Å². The maximum absolute atomic E-state index is 12.5. The summed E-state index contributed by atoms with van der Waals surface area (Å²) in [5.74, 6) is -0.347. The van der Waals surface area contributed by atoms with Crippen molar-refractivity contribution in [3.05, 3.63) is 53.1 Å². The highest BCUT2D eigenvalue weighted by atomic mass is 32.2. The lowest BCUT2D eigenvalue weighted by atomic mass is 10.0. The van der Waals surface area contributed by atoms with Crippen molar-refractivity contribution in [1.29, 1.82) is 5.26 Å². The van der Waals surface area contributed by atoms with Crippen LogP contribution >= 0.6 is 0 Å². The highest BCUT2D eigenvalue weighted by molar-refractivity contribution is 7.90. The first-order valence-electron chi connectivity index (χ1n) is 11.8. The Kier molecular flexibility index (Phi) is 7.87. The maximum atomic E-state index is 12.5. The van der Waals surface area contributed by atoms with Gasteiger partial charge >= 0.3 is 0 Å². The van der Waals surface area contributed by atoms with Crippen LogP contribution in [0.5, 0.6) is 5.75 Å². The molecule has 12 heteroatoms. The third-order valence-corrected chi connectivity index (χ3v) is 7.01. The molecule has 0 aliphatic heterocycles. The minimum atomic E-state index is -3.89. The van der Waals surface area contributed by atoms with Crippen molar-refractivity contribution < 1.29 is 27.6 Å². The van der Waals surface area contributed by atoms with Crippen LogP contribution in [0.4, 0.5) is 0 Å². The molecule has 1 aliphatic rings. The monoisotopic (exact) mass is 525 g/mol. The third kappa shape index (κ3) is 6.14. The highest BCUT2D eigenvalue weighted by Crippen LogP contribution is 2.38. The minimum Gasteiger partial charge on any atom is -0.490 e. The summed E-state index contributed by atoms with van der Waals surface area (Å²) in [6, 6.07) is 12.2. The Balaban J connectivity index is 1.55. The molecule has 1 heterocycles. The lowest BCUT2D eigenvalue weighted by Crippen LogP contribution is -2.38. The zero-order chi connectivity index (χ0) is 26.6. The van der Waals surface area contributed by atoms with E-state index in [1.165, 1.54) is 0 Å². The summed E-state index contributed by atoms with van der Waals surface area (Å²) >= 11 is 0. The summed E-state index contributed by atoms with van der Waals surface area (Å²) in [7, 11) is -3.89. The van der Waals surface area contributed by atoms with Crippen LogP contribution in [0.25, 0.3) is 22.8 Å². The zero-order valence-electron chi connectivity index (χ0n) is 20.4. The van der Waals surface area contributed by atoms with Crippen molar-refractivity contribution in [2.24, 2.45) is 0 Å². The van der Waals surface area contributed by atoms with Gasteiger partial charge in [-0.2, -0.15) is 10.2 Å². The van der Waals surface area contributed by atoms with Crippen LogP contribution in [0.1, 0.15) is 43.0 Å². The van der Waals surface area contributed by atoms with E-state index in [-0.39, 0.29) is 25.1 Å². The molecular weight excluding hydrogens is 498 g/mol. The average molecular weight is 526 g/mol. The summed E-state index contributed by atoms with van der Waals surface area (Å²) in [4.78, 5) is 16.3. The Morgan fingerprint density at radius 3 is 2.86 bits per heavy atom. The van der Waals surface area contributed by atoms with Crippen molar-refractivity contribution in [3.63, 3.8) is 0 Å². The molecule has 0 saturated carbocycles. The molecule has 1 aromatic heterocycles. The van der Waals surface area contributed by atoms with Gasteiger partial charge in [0.25, 0.3) is 5.89 Å². The van der Waals surface area contributed by atoms with E-state index in [4.69, 9.17) is 14.4 Å². The fourth-order valence-electron chi connectivity index (χ4n) is 4.22. The summed E-state index contributed by atoms with van der Waals surface area (Å²) in [5.41, 5.74) is 3.32. The number of benzene rings is 2. The largest absolute Gasteiger partial charge is 0.490 e. The summed E-state index contributed by atoms with van der Waals surface area (Å²) in [6.07, 6.45) is 1.01. The lowest BCUT2D eigenvalue weighted by molar-refractivity contribution is -0.118. The first-order valence-corrected chi connectivity index (χ1v) is 13.4. The van der Waals surface area contributed by atoms with Crippen molar-refractivity contribution in [2.45, 2.75) is 38.8 Å². The van der Waals surface area contributed by atoms with E-state index < -0.39 is 27.7 Å². The van der Waals surface area contributed by atoms with Gasteiger partial charge in [-0.1, -0.05) is 23.4 Å². The predicted molar refractivity (Wildman–Crippen MR) is 134 cm³/mol. The fraction of sp³-hybridized carbons (Fsp3) is 0.360. The molecule has 11 nitrogen and oxygen atoms in total. The second-order valence-electron chi connectivity index (χ2n) is 8.83. The van der Waals surface area contributed by atoms with Gasteiger partial charge in [-0.05, 0) is 56.0 Å². The number of sulfonamides is 1. The molecular formula is C25H27N5O6S. The number of ether oxygens (including phenoxy) is 1. The van der Waals surface area contributed by atoms with Gasteiger partial charge in [0, 0.05) is 23.7 Å². The predicted octanol–water partition coefficient (Wildman–Crippen LogP) is 2.08. The minimum absolute atomic E-state index is 0.00957. The molecule has 0 radical (unpaired) electrons. The Bertz CT molecular complexity index is 1440. The van der Waals surface area contributed by atoms with Gasteiger partial charge in [-0.3, -0.25) is 4.79 Å². The van der Waals surface area contributed by atoms with Crippen LogP contribution in [-0.2, 0) is 21.2 Å². The summed E-state index contributed by atoms with van der Waals surface area (Å²) < 4.78 is 38.8. The first-order chi connectivity index (χ1) is 17.7. The molecule has 3 aromatic rings. The molecule has 0 saturated heterocycles. The van der Waals surface area contributed by atoms with Crippen molar-refractivity contribution in [2.75, 3.05) is 18.9 Å². The van der Waals surface area contributed by atoms with Crippen LogP contribution in [-0.4, -0.2) is 54.6 Å². The van der Waals surface area contributed by atoms with Gasteiger partial charge in [-0.15, -0.1) is 0 Å². The van der Waals surface area contributed by atoms with Crippen molar-refractivity contribution >= 4 is 15.9 Å². The number of aliphatic hydroxyl groups is 1. The van der Waals surface area contributed by atoms with Crippen LogP contribution in [0.3, 0.4) is 0 Å². The number of nitrogens with one attached hydrogen (secondary N) is 2. The Morgan fingerprint density at radius 2 is 2.14 bits per heavy atom. The second kappa shape index (κ2) is 11.1. The smallest absolute Gasteiger partial charge is 0.258 e. The van der Waals surface area contributed by atoms with Crippen LogP contribution in [0.2, 0.25) is 0 Å². The highest BCUT2D eigenvalue weighted by Gasteiger charge is 2.30. The summed E-state index contributed by atoms with van der Waals surface area (Å²) in [6.45, 7) is 3.48. The zero-order valence-corrected chi connectivity index (χ0v) is 21.2. The van der Waals surface area contributed by atoms with E-state index in [9.17, 15) is 18.5 Å². The molecule has 1 unspecified atom stereocenters. The van der Waals surface area contributed by atoms with Crippen molar-refractivity contribution in [1.82, 2.24) is 20.2 Å². The van der Waals surface area contributed by atoms with Crippen LogP contribution < -0.4 is 14.8 Å². The number of hydrogen-bond acceptors (Lipinski definition) is 9. The molecule has 1 amide bonds. The van der Waals surface area contributed by atoms with Gasteiger partial charge in [-0.25, -0.2) is 13.1 Å². The number of amides is 1. The Labute approximate surface area is 214 Å². The topological polar surface area (TPSA) is 167 Å². The molecule has 4 rings (SSSR count). The van der Waals surface area contributed by atoms with Crippen molar-refractivity contribution in [3.8, 4) is 34.7 Å². The molecule has 1 aliphatic carbocycles. The first kappa shape index (κ1) is 26.3. The standard InChI is InChI=1S/C25H27N5O6S/c1-15(2)35-22-9-6-16(12-17(22)13-26)25-28-24(29-36-25)20-5-3-4-19-18(20)7-8-21(19)30-37(33,34)14-23(32)27-10-11-31/h3-6,9,12,15,21,30-31H,7-8,10-11,14H2,1-2H3,(H,27,32). The lowest BCUT2D eigenvalue weighted by Gasteiger charge is -2.15. The van der Waals surface area contributed by atoms with Gasteiger partial charge in [0.15, 0.2) is 0 Å². The number of hydrogen-bond donors (Lipinski definition) is 3. The van der Waals surface area contributed by atoms with E-state index in [1.54, 1.807) is 24.3 Å². The third-order valence-electron chi connectivity index (χ3n) is 5.72. The van der Waals surface area contributed by atoms with Crippen LogP contribution in [0.15, 0.2) is 40.9 Å². The SMILES string of the molecule is CC(C)Oc1ccc(-c2nc(-c3cccc4c3CCC4NS(=O)(=O)CC(=O)NCCO)no2)cc1C#N.